The largest absolute Gasteiger partial charge is 0.366 e. The molecule has 1 N–H and O–H groups in total. The van der Waals surface area contributed by atoms with Gasteiger partial charge in [-0.1, -0.05) is 19.1 Å². The monoisotopic (exact) mass is 465 g/mol. The first-order valence-electron chi connectivity index (χ1n) is 11.1. The van der Waals surface area contributed by atoms with E-state index < -0.39 is 17.6 Å². The Bertz CT molecular complexity index is 1200. The molecule has 1 atom stereocenters. The van der Waals surface area contributed by atoms with E-state index in [9.17, 15) is 14.0 Å². The van der Waals surface area contributed by atoms with Crippen LogP contribution in [0.4, 0.5) is 15.8 Å². The van der Waals surface area contributed by atoms with Gasteiger partial charge in [-0.05, 0) is 99.3 Å². The fourth-order valence-corrected chi connectivity index (χ4v) is 5.34. The van der Waals surface area contributed by atoms with Crippen molar-refractivity contribution in [2.45, 2.75) is 52.5 Å². The van der Waals surface area contributed by atoms with Gasteiger partial charge in [0.05, 0.1) is 5.69 Å². The van der Waals surface area contributed by atoms with Crippen LogP contribution in [0.1, 0.15) is 56.7 Å². The van der Waals surface area contributed by atoms with E-state index in [2.05, 4.69) is 50.0 Å². The molecule has 7 heteroatoms. The minimum absolute atomic E-state index is 0.00926. The Balaban J connectivity index is 1.79. The maximum atomic E-state index is 14.4. The lowest BCUT2D eigenvalue weighted by Crippen LogP contribution is -2.54. The molecule has 0 saturated carbocycles. The molecule has 172 valence electrons. The molecule has 0 unspecified atom stereocenters. The summed E-state index contributed by atoms with van der Waals surface area (Å²) in [6, 6.07) is 10.1. The minimum atomic E-state index is -0.643. The maximum Gasteiger partial charge on any atom is 0.270 e. The van der Waals surface area contributed by atoms with E-state index in [0.29, 0.717) is 5.92 Å². The second kappa shape index (κ2) is 8.37. The van der Waals surface area contributed by atoms with Crippen molar-refractivity contribution in [3.8, 4) is 0 Å². The smallest absolute Gasteiger partial charge is 0.270 e. The number of fused-ring (bicyclic) bond motifs is 1. The highest BCUT2D eigenvalue weighted by molar-refractivity contribution is 7.80. The SMILES string of the molecule is CCN1c2cc(C)c(/C=C3\C(=O)NC(=S)N(c4ccccc4F)C3=O)cc2[C@@H](C)CC1(C)C. The number of hydrogen-bond acceptors (Lipinski definition) is 4. The van der Waals surface area contributed by atoms with Crippen molar-refractivity contribution in [2.24, 2.45) is 0 Å². The first-order chi connectivity index (χ1) is 15.5. The lowest BCUT2D eigenvalue weighted by atomic mass is 9.79. The molecule has 1 saturated heterocycles. The molecule has 0 aliphatic carbocycles. The van der Waals surface area contributed by atoms with Gasteiger partial charge in [0, 0.05) is 17.8 Å². The Hall–Kier alpha value is -3.06. The number of nitrogens with zero attached hydrogens (tertiary/aromatic N) is 2. The standard InChI is InChI=1S/C26H28FN3O2S/c1-6-29-22-11-15(2)17(12-18(22)16(3)14-26(29,4)5)13-19-23(31)28-25(33)30(24(19)32)21-10-8-7-9-20(21)27/h7-13,16H,6,14H2,1-5H3,(H,28,31,33)/b19-13+/t16-/m0/s1. The number of anilines is 2. The number of nitrogens with one attached hydrogen (secondary N) is 1. The molecule has 33 heavy (non-hydrogen) atoms. The lowest BCUT2D eigenvalue weighted by molar-refractivity contribution is -0.122. The van der Waals surface area contributed by atoms with E-state index in [1.807, 2.05) is 6.92 Å². The predicted molar refractivity (Wildman–Crippen MR) is 134 cm³/mol. The average molecular weight is 466 g/mol. The maximum absolute atomic E-state index is 14.4. The summed E-state index contributed by atoms with van der Waals surface area (Å²) in [5, 5.41) is 2.39. The van der Waals surface area contributed by atoms with Crippen molar-refractivity contribution in [3.63, 3.8) is 0 Å². The van der Waals surface area contributed by atoms with Crippen LogP contribution < -0.4 is 15.1 Å². The zero-order valence-electron chi connectivity index (χ0n) is 19.5. The van der Waals surface area contributed by atoms with Gasteiger partial charge in [-0.15, -0.1) is 0 Å². The first-order valence-corrected chi connectivity index (χ1v) is 11.5. The van der Waals surface area contributed by atoms with Gasteiger partial charge in [0.25, 0.3) is 11.8 Å². The number of carbonyl (C=O) groups is 2. The Morgan fingerprint density at radius 3 is 2.58 bits per heavy atom. The van der Waals surface area contributed by atoms with E-state index in [-0.39, 0.29) is 21.9 Å². The summed E-state index contributed by atoms with van der Waals surface area (Å²) in [7, 11) is 0. The fourth-order valence-electron chi connectivity index (χ4n) is 5.07. The molecule has 1 fully saturated rings. The Labute approximate surface area is 199 Å². The van der Waals surface area contributed by atoms with Crippen LogP contribution in [0.25, 0.3) is 6.08 Å². The molecule has 4 rings (SSSR count). The summed E-state index contributed by atoms with van der Waals surface area (Å²) in [5.41, 5.74) is 4.10. The third-order valence-electron chi connectivity index (χ3n) is 6.58. The fraction of sp³-hybridized carbons (Fsp3) is 0.346. The first kappa shape index (κ1) is 23.1. The van der Waals surface area contributed by atoms with E-state index in [1.165, 1.54) is 29.4 Å². The normalized spacial score (nSPS) is 21.3. The second-order valence-electron chi connectivity index (χ2n) is 9.34. The zero-order valence-corrected chi connectivity index (χ0v) is 20.3. The van der Waals surface area contributed by atoms with Crippen molar-refractivity contribution in [2.75, 3.05) is 16.3 Å². The van der Waals surface area contributed by atoms with Gasteiger partial charge >= 0.3 is 0 Å². The molecule has 0 radical (unpaired) electrons. The van der Waals surface area contributed by atoms with Gasteiger partial charge in [0.1, 0.15) is 11.4 Å². The number of aryl methyl sites for hydroxylation is 1. The number of thiocarbonyl (C=S) groups is 1. The number of hydrogen-bond donors (Lipinski definition) is 1. The molecule has 2 amide bonds. The molecule has 2 aliphatic heterocycles. The van der Waals surface area contributed by atoms with Crippen molar-refractivity contribution in [1.29, 1.82) is 0 Å². The van der Waals surface area contributed by atoms with Gasteiger partial charge in [0.15, 0.2) is 5.11 Å². The van der Waals surface area contributed by atoms with Crippen molar-refractivity contribution < 1.29 is 14.0 Å². The number of benzene rings is 2. The van der Waals surface area contributed by atoms with Crippen LogP contribution in [0, 0.1) is 12.7 Å². The van der Waals surface area contributed by atoms with Crippen molar-refractivity contribution in [1.82, 2.24) is 5.32 Å². The molecule has 2 aliphatic rings. The van der Waals surface area contributed by atoms with Crippen LogP contribution in [-0.2, 0) is 9.59 Å². The molecular formula is C26H28FN3O2S. The highest BCUT2D eigenvalue weighted by Gasteiger charge is 2.37. The minimum Gasteiger partial charge on any atom is -0.366 e. The Kier molecular flexibility index (Phi) is 5.86. The lowest BCUT2D eigenvalue weighted by Gasteiger charge is -2.47. The molecular weight excluding hydrogens is 437 g/mol. The van der Waals surface area contributed by atoms with Crippen molar-refractivity contribution >= 4 is 46.6 Å². The molecule has 2 aromatic rings. The highest BCUT2D eigenvalue weighted by atomic mass is 32.1. The van der Waals surface area contributed by atoms with Gasteiger partial charge in [-0.3, -0.25) is 14.9 Å². The number of para-hydroxylation sites is 1. The molecule has 0 aromatic heterocycles. The molecule has 0 bridgehead atoms. The van der Waals surface area contributed by atoms with E-state index in [4.69, 9.17) is 12.2 Å². The summed E-state index contributed by atoms with van der Waals surface area (Å²) in [4.78, 5) is 29.4. The van der Waals surface area contributed by atoms with Crippen LogP contribution in [0.5, 0.6) is 0 Å². The van der Waals surface area contributed by atoms with Crippen molar-refractivity contribution in [3.05, 3.63) is 64.5 Å². The third-order valence-corrected chi connectivity index (χ3v) is 6.87. The summed E-state index contributed by atoms with van der Waals surface area (Å²) >= 11 is 5.18. The summed E-state index contributed by atoms with van der Waals surface area (Å²) in [5.74, 6) is -1.49. The number of carbonyl (C=O) groups excluding carboxylic acids is 2. The Morgan fingerprint density at radius 1 is 1.21 bits per heavy atom. The molecule has 2 aromatic carbocycles. The number of rotatable bonds is 3. The molecule has 2 heterocycles. The topological polar surface area (TPSA) is 52.7 Å². The van der Waals surface area contributed by atoms with Crippen LogP contribution in [0.15, 0.2) is 42.0 Å². The highest BCUT2D eigenvalue weighted by Crippen LogP contribution is 2.44. The van der Waals surface area contributed by atoms with Gasteiger partial charge in [-0.2, -0.15) is 0 Å². The van der Waals surface area contributed by atoms with E-state index in [0.717, 1.165) is 29.0 Å². The molecule has 0 spiro atoms. The summed E-state index contributed by atoms with van der Waals surface area (Å²) in [6.45, 7) is 11.7. The van der Waals surface area contributed by atoms with Crippen LogP contribution in [0.3, 0.4) is 0 Å². The molecule has 5 nitrogen and oxygen atoms in total. The third kappa shape index (κ3) is 3.95. The quantitative estimate of drug-likeness (QED) is 0.390. The zero-order chi connectivity index (χ0) is 24.1. The van der Waals surface area contributed by atoms with Gasteiger partial charge in [-0.25, -0.2) is 9.29 Å². The van der Waals surface area contributed by atoms with Crippen LogP contribution >= 0.6 is 12.2 Å². The predicted octanol–water partition coefficient (Wildman–Crippen LogP) is 5.08. The van der Waals surface area contributed by atoms with Crippen LogP contribution in [-0.4, -0.2) is 29.0 Å². The van der Waals surface area contributed by atoms with Gasteiger partial charge < -0.3 is 4.90 Å². The van der Waals surface area contributed by atoms with E-state index in [1.54, 1.807) is 12.1 Å². The summed E-state index contributed by atoms with van der Waals surface area (Å²) < 4.78 is 14.4. The van der Waals surface area contributed by atoms with Crippen LogP contribution in [0.2, 0.25) is 0 Å². The van der Waals surface area contributed by atoms with E-state index >= 15 is 0 Å². The number of amides is 2. The second-order valence-corrected chi connectivity index (χ2v) is 9.73. The number of halogens is 1. The average Bonchev–Trinajstić information content (AvgIpc) is 2.72. The van der Waals surface area contributed by atoms with Gasteiger partial charge in [0.2, 0.25) is 0 Å². The Morgan fingerprint density at radius 2 is 1.91 bits per heavy atom. The summed E-state index contributed by atoms with van der Waals surface area (Å²) in [6.07, 6.45) is 2.59.